The quantitative estimate of drug-likeness (QED) is 0.911. The van der Waals surface area contributed by atoms with E-state index in [1.54, 1.807) is 17.4 Å². The Balaban J connectivity index is 1.67. The van der Waals surface area contributed by atoms with Crippen LogP contribution in [-0.2, 0) is 19.4 Å². The number of aromatic nitrogens is 1. The molecule has 0 aliphatic heterocycles. The third-order valence-electron chi connectivity index (χ3n) is 3.95. The van der Waals surface area contributed by atoms with Gasteiger partial charge >= 0.3 is 0 Å². The monoisotopic (exact) mass is 256 g/mol. The summed E-state index contributed by atoms with van der Waals surface area (Å²) in [6, 6.07) is 9.16. The van der Waals surface area contributed by atoms with Gasteiger partial charge in [-0.25, -0.2) is 0 Å². The van der Waals surface area contributed by atoms with Crippen molar-refractivity contribution >= 4 is 0 Å². The zero-order chi connectivity index (χ0) is 13.1. The summed E-state index contributed by atoms with van der Waals surface area (Å²) < 4.78 is 4.84. The normalized spacial score (nSPS) is 16.1. The molecule has 1 aromatic heterocycles. The Hall–Kier alpha value is -1.61. The fourth-order valence-corrected chi connectivity index (χ4v) is 2.73. The maximum Gasteiger partial charge on any atom is 0.124 e. The summed E-state index contributed by atoms with van der Waals surface area (Å²) in [7, 11) is 0. The van der Waals surface area contributed by atoms with Crippen LogP contribution in [0.5, 0.6) is 0 Å². The number of fused-ring (bicyclic) bond motifs is 1. The highest BCUT2D eigenvalue weighted by Crippen LogP contribution is 2.24. The molecule has 1 unspecified atom stereocenters. The lowest BCUT2D eigenvalue weighted by atomic mass is 9.89. The Labute approximate surface area is 114 Å². The minimum atomic E-state index is 0.337. The first-order valence-corrected chi connectivity index (χ1v) is 7.07. The van der Waals surface area contributed by atoms with Crippen molar-refractivity contribution in [3.05, 3.63) is 52.9 Å². The van der Waals surface area contributed by atoms with Gasteiger partial charge in [-0.3, -0.25) is 0 Å². The standard InChI is InChI=1S/C16H20N2O/c1-12(17-11-16-8-9-19-18-16)14-7-6-13-4-2-3-5-15(13)10-14/h6-10,12,17H,2-5,11H2,1H3. The predicted molar refractivity (Wildman–Crippen MR) is 74.8 cm³/mol. The molecule has 3 nitrogen and oxygen atoms in total. The SMILES string of the molecule is CC(NCc1ccon1)c1ccc2c(c1)CCCC2. The van der Waals surface area contributed by atoms with Gasteiger partial charge in [0.25, 0.3) is 0 Å². The molecule has 0 saturated carbocycles. The fourth-order valence-electron chi connectivity index (χ4n) is 2.73. The van der Waals surface area contributed by atoms with E-state index in [1.807, 2.05) is 6.07 Å². The van der Waals surface area contributed by atoms with E-state index in [9.17, 15) is 0 Å². The van der Waals surface area contributed by atoms with Crippen molar-refractivity contribution in [3.8, 4) is 0 Å². The van der Waals surface area contributed by atoms with Crippen molar-refractivity contribution in [2.45, 2.75) is 45.2 Å². The van der Waals surface area contributed by atoms with Crippen LogP contribution in [0.2, 0.25) is 0 Å². The molecule has 0 fully saturated rings. The first kappa shape index (κ1) is 12.4. The van der Waals surface area contributed by atoms with Gasteiger partial charge < -0.3 is 9.84 Å². The molecule has 0 bridgehead atoms. The summed E-state index contributed by atoms with van der Waals surface area (Å²) in [4.78, 5) is 0. The van der Waals surface area contributed by atoms with Crippen LogP contribution in [0, 0.1) is 0 Å². The van der Waals surface area contributed by atoms with Crippen molar-refractivity contribution in [1.82, 2.24) is 10.5 Å². The maximum atomic E-state index is 4.84. The molecule has 1 aliphatic rings. The molecule has 1 N–H and O–H groups in total. The molecule has 1 heterocycles. The van der Waals surface area contributed by atoms with Crippen LogP contribution in [0.3, 0.4) is 0 Å². The minimum absolute atomic E-state index is 0.337. The Morgan fingerprint density at radius 3 is 2.84 bits per heavy atom. The summed E-state index contributed by atoms with van der Waals surface area (Å²) in [5, 5.41) is 7.40. The van der Waals surface area contributed by atoms with Gasteiger partial charge in [0.2, 0.25) is 0 Å². The second-order valence-corrected chi connectivity index (χ2v) is 5.33. The van der Waals surface area contributed by atoms with Gasteiger partial charge in [-0.2, -0.15) is 0 Å². The van der Waals surface area contributed by atoms with Crippen LogP contribution in [0.1, 0.15) is 48.2 Å². The molecule has 1 aromatic carbocycles. The zero-order valence-electron chi connectivity index (χ0n) is 11.4. The molecule has 0 amide bonds. The lowest BCUT2D eigenvalue weighted by Crippen LogP contribution is -2.18. The minimum Gasteiger partial charge on any atom is -0.364 e. The summed E-state index contributed by atoms with van der Waals surface area (Å²) in [5.41, 5.74) is 5.39. The molecule has 3 rings (SSSR count). The van der Waals surface area contributed by atoms with Crippen molar-refractivity contribution in [2.24, 2.45) is 0 Å². The van der Waals surface area contributed by atoms with Crippen molar-refractivity contribution in [1.29, 1.82) is 0 Å². The Morgan fingerprint density at radius 2 is 2.05 bits per heavy atom. The van der Waals surface area contributed by atoms with Gasteiger partial charge in [0.15, 0.2) is 0 Å². The Morgan fingerprint density at radius 1 is 1.21 bits per heavy atom. The number of nitrogens with one attached hydrogen (secondary N) is 1. The first-order chi connectivity index (χ1) is 9.33. The van der Waals surface area contributed by atoms with E-state index in [4.69, 9.17) is 4.52 Å². The van der Waals surface area contributed by atoms with E-state index in [0.717, 1.165) is 12.2 Å². The van der Waals surface area contributed by atoms with E-state index >= 15 is 0 Å². The van der Waals surface area contributed by atoms with Crippen LogP contribution >= 0.6 is 0 Å². The third kappa shape index (κ3) is 2.87. The van der Waals surface area contributed by atoms with Gasteiger partial charge in [-0.1, -0.05) is 23.4 Å². The summed E-state index contributed by atoms with van der Waals surface area (Å²) in [6.45, 7) is 2.94. The molecular formula is C16H20N2O. The molecule has 1 atom stereocenters. The van der Waals surface area contributed by atoms with E-state index < -0.39 is 0 Å². The highest BCUT2D eigenvalue weighted by Gasteiger charge is 2.12. The highest BCUT2D eigenvalue weighted by atomic mass is 16.5. The smallest absolute Gasteiger partial charge is 0.124 e. The van der Waals surface area contributed by atoms with Gasteiger partial charge in [-0.05, 0) is 49.3 Å². The molecule has 3 heteroatoms. The van der Waals surface area contributed by atoms with E-state index in [2.05, 4.69) is 35.6 Å². The lowest BCUT2D eigenvalue weighted by Gasteiger charge is -2.19. The van der Waals surface area contributed by atoms with E-state index in [0.29, 0.717) is 6.04 Å². The molecule has 2 aromatic rings. The number of hydrogen-bond donors (Lipinski definition) is 1. The summed E-state index contributed by atoms with van der Waals surface area (Å²) in [5.74, 6) is 0. The van der Waals surface area contributed by atoms with Gasteiger partial charge in [-0.15, -0.1) is 0 Å². The molecule has 0 spiro atoms. The highest BCUT2D eigenvalue weighted by molar-refractivity contribution is 5.35. The van der Waals surface area contributed by atoms with Gasteiger partial charge in [0.1, 0.15) is 6.26 Å². The first-order valence-electron chi connectivity index (χ1n) is 7.07. The number of nitrogens with zero attached hydrogens (tertiary/aromatic N) is 1. The van der Waals surface area contributed by atoms with Crippen LogP contribution in [0.15, 0.2) is 35.1 Å². The summed E-state index contributed by atoms with van der Waals surface area (Å²) >= 11 is 0. The topological polar surface area (TPSA) is 38.1 Å². The third-order valence-corrected chi connectivity index (χ3v) is 3.95. The number of aryl methyl sites for hydroxylation is 2. The maximum absolute atomic E-state index is 4.84. The summed E-state index contributed by atoms with van der Waals surface area (Å²) in [6.07, 6.45) is 6.76. The fraction of sp³-hybridized carbons (Fsp3) is 0.438. The Kier molecular flexibility index (Phi) is 3.65. The van der Waals surface area contributed by atoms with Crippen LogP contribution in [0.25, 0.3) is 0 Å². The molecule has 0 saturated heterocycles. The van der Waals surface area contributed by atoms with E-state index in [-0.39, 0.29) is 0 Å². The van der Waals surface area contributed by atoms with E-state index in [1.165, 1.54) is 31.2 Å². The molecule has 1 aliphatic carbocycles. The van der Waals surface area contributed by atoms with Crippen LogP contribution in [0.4, 0.5) is 0 Å². The lowest BCUT2D eigenvalue weighted by molar-refractivity contribution is 0.406. The number of rotatable bonds is 4. The largest absolute Gasteiger partial charge is 0.364 e. The van der Waals surface area contributed by atoms with Gasteiger partial charge in [0.05, 0.1) is 5.69 Å². The second kappa shape index (κ2) is 5.57. The molecule has 100 valence electrons. The van der Waals surface area contributed by atoms with Gasteiger partial charge in [0, 0.05) is 18.7 Å². The Bertz CT molecular complexity index is 534. The number of hydrogen-bond acceptors (Lipinski definition) is 3. The predicted octanol–water partition coefficient (Wildman–Crippen LogP) is 3.40. The van der Waals surface area contributed by atoms with Crippen LogP contribution in [-0.4, -0.2) is 5.16 Å². The van der Waals surface area contributed by atoms with Crippen LogP contribution < -0.4 is 5.32 Å². The average molecular weight is 256 g/mol. The number of benzene rings is 1. The zero-order valence-corrected chi connectivity index (χ0v) is 11.4. The van der Waals surface area contributed by atoms with Crippen molar-refractivity contribution in [3.63, 3.8) is 0 Å². The van der Waals surface area contributed by atoms with Crippen molar-refractivity contribution < 1.29 is 4.52 Å². The van der Waals surface area contributed by atoms with Crippen molar-refractivity contribution in [2.75, 3.05) is 0 Å². The molecular weight excluding hydrogens is 236 g/mol. The second-order valence-electron chi connectivity index (χ2n) is 5.33. The molecule has 19 heavy (non-hydrogen) atoms. The average Bonchev–Trinajstić information content (AvgIpc) is 2.97. The molecule has 0 radical (unpaired) electrons.